The molecule has 0 bridgehead atoms. The number of nitrogens with zero attached hydrogens (tertiary/aromatic N) is 2. The molecule has 5 heteroatoms. The Bertz CT molecular complexity index is 1040. The Hall–Kier alpha value is -3.34. The van der Waals surface area contributed by atoms with Crippen molar-refractivity contribution in [2.45, 2.75) is 64.6 Å². The molecule has 1 fully saturated rings. The molecule has 0 saturated heterocycles. The Balaban J connectivity index is 1.45. The summed E-state index contributed by atoms with van der Waals surface area (Å²) in [5.74, 6) is 0.595. The third-order valence-corrected chi connectivity index (χ3v) is 6.32. The number of furan rings is 1. The van der Waals surface area contributed by atoms with Crippen molar-refractivity contribution in [1.82, 2.24) is 9.80 Å². The predicted molar refractivity (Wildman–Crippen MR) is 133 cm³/mol. The van der Waals surface area contributed by atoms with Crippen LogP contribution in [0.25, 0.3) is 0 Å². The van der Waals surface area contributed by atoms with E-state index in [-0.39, 0.29) is 24.4 Å². The van der Waals surface area contributed by atoms with E-state index in [0.29, 0.717) is 18.7 Å². The fourth-order valence-corrected chi connectivity index (χ4v) is 4.18. The Kier molecular flexibility index (Phi) is 8.18. The smallest absolute Gasteiger partial charge is 0.254 e. The van der Waals surface area contributed by atoms with Crippen LogP contribution in [0.2, 0.25) is 0 Å². The molecule has 3 aromatic rings. The molecule has 1 aliphatic carbocycles. The van der Waals surface area contributed by atoms with Gasteiger partial charge in [-0.15, -0.1) is 0 Å². The lowest BCUT2D eigenvalue weighted by atomic mass is 10.0. The maximum atomic E-state index is 13.4. The number of hydrogen-bond donors (Lipinski definition) is 0. The number of benzene rings is 2. The number of rotatable bonds is 12. The normalized spacial score (nSPS) is 13.0. The molecule has 178 valence electrons. The Morgan fingerprint density at radius 2 is 1.65 bits per heavy atom. The van der Waals surface area contributed by atoms with Gasteiger partial charge in [-0.25, -0.2) is 0 Å². The molecular formula is C29H34N2O3. The summed E-state index contributed by atoms with van der Waals surface area (Å²) in [6, 6.07) is 21.7. The second kappa shape index (κ2) is 11.7. The van der Waals surface area contributed by atoms with Crippen LogP contribution in [0.4, 0.5) is 0 Å². The monoisotopic (exact) mass is 458 g/mol. The van der Waals surface area contributed by atoms with Gasteiger partial charge in [0, 0.05) is 18.2 Å². The van der Waals surface area contributed by atoms with E-state index >= 15 is 0 Å². The summed E-state index contributed by atoms with van der Waals surface area (Å²) in [5, 5.41) is 0. The highest BCUT2D eigenvalue weighted by molar-refractivity contribution is 5.97. The predicted octanol–water partition coefficient (Wildman–Crippen LogP) is 5.85. The fourth-order valence-electron chi connectivity index (χ4n) is 4.18. The summed E-state index contributed by atoms with van der Waals surface area (Å²) in [7, 11) is 0. The van der Waals surface area contributed by atoms with E-state index in [1.807, 2.05) is 54.6 Å². The molecule has 1 aromatic heterocycles. The minimum Gasteiger partial charge on any atom is -0.467 e. The molecule has 0 N–H and O–H groups in total. The molecule has 1 saturated carbocycles. The number of carbonyl (C=O) groups excluding carboxylic acids is 2. The lowest BCUT2D eigenvalue weighted by molar-refractivity contribution is -0.133. The van der Waals surface area contributed by atoms with Crippen LogP contribution in [0, 0.1) is 0 Å². The summed E-state index contributed by atoms with van der Waals surface area (Å²) < 4.78 is 5.51. The van der Waals surface area contributed by atoms with Crippen LogP contribution in [0.3, 0.4) is 0 Å². The van der Waals surface area contributed by atoms with E-state index in [0.717, 1.165) is 30.6 Å². The summed E-state index contributed by atoms with van der Waals surface area (Å²) in [4.78, 5) is 30.3. The number of unbranched alkanes of at least 4 members (excludes halogenated alkanes) is 2. The van der Waals surface area contributed by atoms with E-state index in [1.165, 1.54) is 24.8 Å². The van der Waals surface area contributed by atoms with Gasteiger partial charge < -0.3 is 14.2 Å². The van der Waals surface area contributed by atoms with Crippen molar-refractivity contribution in [3.05, 3.63) is 95.4 Å². The molecule has 1 heterocycles. The Morgan fingerprint density at radius 1 is 0.882 bits per heavy atom. The highest BCUT2D eigenvalue weighted by atomic mass is 16.3. The van der Waals surface area contributed by atoms with Gasteiger partial charge in [0.2, 0.25) is 5.91 Å². The summed E-state index contributed by atoms with van der Waals surface area (Å²) >= 11 is 0. The van der Waals surface area contributed by atoms with E-state index in [4.69, 9.17) is 4.42 Å². The molecule has 1 aliphatic rings. The average molecular weight is 459 g/mol. The number of aryl methyl sites for hydroxylation is 1. The van der Waals surface area contributed by atoms with E-state index in [9.17, 15) is 9.59 Å². The summed E-state index contributed by atoms with van der Waals surface area (Å²) in [6.07, 6.45) is 8.13. The van der Waals surface area contributed by atoms with Gasteiger partial charge in [0.25, 0.3) is 5.91 Å². The molecule has 0 atom stereocenters. The van der Waals surface area contributed by atoms with Crippen molar-refractivity contribution >= 4 is 11.8 Å². The molecule has 34 heavy (non-hydrogen) atoms. The third-order valence-electron chi connectivity index (χ3n) is 6.32. The number of amides is 2. The molecular weight excluding hydrogens is 424 g/mol. The molecule has 2 amide bonds. The highest BCUT2D eigenvalue weighted by Crippen LogP contribution is 2.28. The van der Waals surface area contributed by atoms with Crippen LogP contribution < -0.4 is 0 Å². The zero-order valence-corrected chi connectivity index (χ0v) is 20.0. The lowest BCUT2D eigenvalue weighted by Gasteiger charge is -2.27. The van der Waals surface area contributed by atoms with Gasteiger partial charge in [-0.1, -0.05) is 62.2 Å². The first-order valence-corrected chi connectivity index (χ1v) is 12.4. The topological polar surface area (TPSA) is 53.8 Å². The van der Waals surface area contributed by atoms with Gasteiger partial charge in [0.05, 0.1) is 12.8 Å². The zero-order chi connectivity index (χ0) is 23.8. The maximum absolute atomic E-state index is 13.4. The molecule has 0 radical (unpaired) electrons. The summed E-state index contributed by atoms with van der Waals surface area (Å²) in [6.45, 7) is 3.12. The first-order valence-electron chi connectivity index (χ1n) is 12.4. The van der Waals surface area contributed by atoms with E-state index in [2.05, 4.69) is 19.1 Å². The summed E-state index contributed by atoms with van der Waals surface area (Å²) in [5.41, 5.74) is 2.96. The zero-order valence-electron chi connectivity index (χ0n) is 20.0. The lowest BCUT2D eigenvalue weighted by Crippen LogP contribution is -2.43. The van der Waals surface area contributed by atoms with Crippen LogP contribution in [-0.2, 0) is 24.3 Å². The first kappa shape index (κ1) is 23.8. The van der Waals surface area contributed by atoms with Crippen LogP contribution in [0.15, 0.2) is 77.4 Å². The standard InChI is InChI=1S/C29H34N2O3/c1-2-3-5-9-23-13-15-25(16-14-23)29(33)31(26-17-18-26)22-28(32)30(21-27-12-8-19-34-27)20-24-10-6-4-7-11-24/h4,6-8,10-16,19,26H,2-3,5,9,17-18,20-22H2,1H3. The second-order valence-corrected chi connectivity index (χ2v) is 9.13. The van der Waals surface area contributed by atoms with Crippen molar-refractivity contribution in [3.8, 4) is 0 Å². The van der Waals surface area contributed by atoms with Gasteiger partial charge in [0.15, 0.2) is 0 Å². The second-order valence-electron chi connectivity index (χ2n) is 9.13. The average Bonchev–Trinajstić information content (AvgIpc) is 3.58. The molecule has 5 nitrogen and oxygen atoms in total. The van der Waals surface area contributed by atoms with Gasteiger partial charge in [-0.3, -0.25) is 9.59 Å². The van der Waals surface area contributed by atoms with E-state index in [1.54, 1.807) is 16.1 Å². The quantitative estimate of drug-likeness (QED) is 0.320. The van der Waals surface area contributed by atoms with Crippen molar-refractivity contribution < 1.29 is 14.0 Å². The Labute approximate surface area is 202 Å². The van der Waals surface area contributed by atoms with Crippen molar-refractivity contribution in [2.24, 2.45) is 0 Å². The molecule has 0 aliphatic heterocycles. The van der Waals surface area contributed by atoms with Gasteiger partial charge >= 0.3 is 0 Å². The largest absolute Gasteiger partial charge is 0.467 e. The molecule has 4 rings (SSSR count). The van der Waals surface area contributed by atoms with Crippen LogP contribution >= 0.6 is 0 Å². The van der Waals surface area contributed by atoms with Crippen LogP contribution in [-0.4, -0.2) is 34.2 Å². The number of hydrogen-bond acceptors (Lipinski definition) is 3. The highest BCUT2D eigenvalue weighted by Gasteiger charge is 2.35. The van der Waals surface area contributed by atoms with Gasteiger partial charge in [-0.2, -0.15) is 0 Å². The van der Waals surface area contributed by atoms with Gasteiger partial charge in [0.1, 0.15) is 12.3 Å². The Morgan fingerprint density at radius 3 is 2.29 bits per heavy atom. The van der Waals surface area contributed by atoms with Crippen molar-refractivity contribution in [1.29, 1.82) is 0 Å². The SMILES string of the molecule is CCCCCc1ccc(C(=O)N(CC(=O)N(Cc2ccccc2)Cc2ccco2)C2CC2)cc1. The maximum Gasteiger partial charge on any atom is 0.254 e. The van der Waals surface area contributed by atoms with Crippen molar-refractivity contribution in [3.63, 3.8) is 0 Å². The van der Waals surface area contributed by atoms with Gasteiger partial charge in [-0.05, 0) is 61.1 Å². The van der Waals surface area contributed by atoms with Crippen LogP contribution in [0.1, 0.15) is 66.3 Å². The van der Waals surface area contributed by atoms with E-state index < -0.39 is 0 Å². The fraction of sp³-hybridized carbons (Fsp3) is 0.379. The molecule has 2 aromatic carbocycles. The van der Waals surface area contributed by atoms with Crippen LogP contribution in [0.5, 0.6) is 0 Å². The minimum absolute atomic E-state index is 0.0615. The minimum atomic E-state index is -0.0725. The third kappa shape index (κ3) is 6.60. The molecule has 0 unspecified atom stereocenters. The van der Waals surface area contributed by atoms with Crippen molar-refractivity contribution in [2.75, 3.05) is 6.54 Å². The first-order chi connectivity index (χ1) is 16.6. The molecule has 0 spiro atoms. The number of carbonyl (C=O) groups is 2.